The first kappa shape index (κ1) is 13.2. The highest BCUT2D eigenvalue weighted by molar-refractivity contribution is 5.14. The largest absolute Gasteiger partial charge is 0.386 e. The Bertz CT molecular complexity index is 230. The number of hydrogen-bond donors (Lipinski definition) is 1. The fourth-order valence-corrected chi connectivity index (χ4v) is 1.21. The summed E-state index contributed by atoms with van der Waals surface area (Å²) in [6.07, 6.45) is 6.21. The lowest BCUT2D eigenvalue weighted by Gasteiger charge is -2.24. The van der Waals surface area contributed by atoms with Crippen LogP contribution in [-0.2, 0) is 0 Å². The normalized spacial score (nSPS) is 14.3. The highest BCUT2D eigenvalue weighted by atomic mass is 16.3. The van der Waals surface area contributed by atoms with Crippen LogP contribution in [0.1, 0.15) is 40.0 Å². The van der Waals surface area contributed by atoms with Gasteiger partial charge in [0, 0.05) is 0 Å². The van der Waals surface area contributed by atoms with E-state index < -0.39 is 5.60 Å². The zero-order valence-corrected chi connectivity index (χ0v) is 9.64. The van der Waals surface area contributed by atoms with E-state index in [1.807, 2.05) is 6.92 Å². The van der Waals surface area contributed by atoms with Gasteiger partial charge in [0.1, 0.15) is 0 Å². The summed E-state index contributed by atoms with van der Waals surface area (Å²) in [7, 11) is 0. The minimum Gasteiger partial charge on any atom is -0.386 e. The molecule has 1 heteroatoms. The molecule has 0 aliphatic carbocycles. The summed E-state index contributed by atoms with van der Waals surface area (Å²) in [5.41, 5.74) is 1.37. The third-order valence-corrected chi connectivity index (χ3v) is 2.34. The molecule has 0 rings (SSSR count). The first-order valence-corrected chi connectivity index (χ1v) is 5.05. The summed E-state index contributed by atoms with van der Waals surface area (Å²) in [6.45, 7) is 13.5. The predicted octanol–water partition coefficient (Wildman–Crippen LogP) is 3.62. The van der Waals surface area contributed by atoms with Crippen LogP contribution in [0.5, 0.6) is 0 Å². The summed E-state index contributed by atoms with van der Waals surface area (Å²) in [5.74, 6) is 0. The zero-order valence-electron chi connectivity index (χ0n) is 9.64. The molecule has 0 aliphatic rings. The van der Waals surface area contributed by atoms with Crippen LogP contribution < -0.4 is 0 Å². The van der Waals surface area contributed by atoms with Crippen LogP contribution in [0.3, 0.4) is 0 Å². The van der Waals surface area contributed by atoms with Crippen LogP contribution in [0.25, 0.3) is 0 Å². The maximum absolute atomic E-state index is 10.1. The minimum absolute atomic E-state index is 0.682. The molecule has 0 heterocycles. The number of allylic oxidation sites excluding steroid dienone is 3. The second-order valence-electron chi connectivity index (χ2n) is 4.19. The lowest BCUT2D eigenvalue weighted by Crippen LogP contribution is -2.25. The van der Waals surface area contributed by atoms with Gasteiger partial charge in [-0.05, 0) is 45.6 Å². The zero-order chi connectivity index (χ0) is 11.2. The number of aliphatic hydroxyl groups is 1. The topological polar surface area (TPSA) is 20.2 Å². The molecule has 14 heavy (non-hydrogen) atoms. The maximum atomic E-state index is 10.1. The molecular weight excluding hydrogens is 172 g/mol. The van der Waals surface area contributed by atoms with Crippen LogP contribution in [0, 0.1) is 0 Å². The number of rotatable bonds is 6. The van der Waals surface area contributed by atoms with E-state index in [4.69, 9.17) is 0 Å². The van der Waals surface area contributed by atoms with Crippen molar-refractivity contribution in [3.05, 3.63) is 36.5 Å². The molecule has 0 spiro atoms. The van der Waals surface area contributed by atoms with Crippen molar-refractivity contribution < 1.29 is 5.11 Å². The van der Waals surface area contributed by atoms with Gasteiger partial charge in [-0.25, -0.2) is 0 Å². The van der Waals surface area contributed by atoms with E-state index in [2.05, 4.69) is 33.1 Å². The monoisotopic (exact) mass is 194 g/mol. The quantitative estimate of drug-likeness (QED) is 0.640. The summed E-state index contributed by atoms with van der Waals surface area (Å²) in [6, 6.07) is 0. The van der Waals surface area contributed by atoms with Gasteiger partial charge in [0.05, 0.1) is 5.60 Å². The lowest BCUT2D eigenvalue weighted by atomic mass is 9.89. The Morgan fingerprint density at radius 3 is 2.43 bits per heavy atom. The molecular formula is C13H22O. The van der Waals surface area contributed by atoms with Crippen LogP contribution in [0.4, 0.5) is 0 Å². The van der Waals surface area contributed by atoms with Gasteiger partial charge in [-0.3, -0.25) is 0 Å². The van der Waals surface area contributed by atoms with Gasteiger partial charge in [0.15, 0.2) is 0 Å². The third kappa shape index (κ3) is 5.03. The van der Waals surface area contributed by atoms with Gasteiger partial charge < -0.3 is 5.11 Å². The summed E-state index contributed by atoms with van der Waals surface area (Å²) in [4.78, 5) is 0. The van der Waals surface area contributed by atoms with E-state index in [9.17, 15) is 5.11 Å². The molecule has 1 nitrogen and oxygen atoms in total. The molecule has 1 N–H and O–H groups in total. The molecule has 0 aromatic carbocycles. The van der Waals surface area contributed by atoms with Gasteiger partial charge in [-0.15, -0.1) is 6.58 Å². The van der Waals surface area contributed by atoms with E-state index in [0.29, 0.717) is 6.42 Å². The molecule has 0 saturated carbocycles. The Kier molecular flexibility index (Phi) is 5.47. The molecule has 1 unspecified atom stereocenters. The van der Waals surface area contributed by atoms with Crippen LogP contribution in [-0.4, -0.2) is 10.7 Å². The second kappa shape index (κ2) is 5.82. The van der Waals surface area contributed by atoms with Gasteiger partial charge in [-0.1, -0.05) is 24.3 Å². The van der Waals surface area contributed by atoms with Crippen molar-refractivity contribution >= 4 is 0 Å². The van der Waals surface area contributed by atoms with Crippen molar-refractivity contribution in [2.24, 2.45) is 0 Å². The van der Waals surface area contributed by atoms with Crippen molar-refractivity contribution in [1.29, 1.82) is 0 Å². The Morgan fingerprint density at radius 2 is 2.00 bits per heavy atom. The molecule has 1 atom stereocenters. The van der Waals surface area contributed by atoms with Crippen molar-refractivity contribution in [2.45, 2.75) is 45.6 Å². The van der Waals surface area contributed by atoms with E-state index >= 15 is 0 Å². The van der Waals surface area contributed by atoms with Crippen LogP contribution >= 0.6 is 0 Å². The lowest BCUT2D eigenvalue weighted by molar-refractivity contribution is 0.0885. The van der Waals surface area contributed by atoms with E-state index in [-0.39, 0.29) is 0 Å². The molecule has 0 aliphatic heterocycles. The van der Waals surface area contributed by atoms with Gasteiger partial charge in [-0.2, -0.15) is 0 Å². The van der Waals surface area contributed by atoms with Gasteiger partial charge >= 0.3 is 0 Å². The van der Waals surface area contributed by atoms with Crippen molar-refractivity contribution in [3.8, 4) is 0 Å². The Hall–Kier alpha value is -0.820. The average Bonchev–Trinajstić information content (AvgIpc) is 2.03. The summed E-state index contributed by atoms with van der Waals surface area (Å²) in [5, 5.41) is 10.1. The SMILES string of the molecule is C=CCC(=C)C(C)(O)CCC=C(C)C. The minimum atomic E-state index is -0.764. The maximum Gasteiger partial charge on any atom is 0.0832 e. The van der Waals surface area contributed by atoms with E-state index in [1.54, 1.807) is 6.08 Å². The Labute approximate surface area is 87.8 Å². The summed E-state index contributed by atoms with van der Waals surface area (Å²) >= 11 is 0. The smallest absolute Gasteiger partial charge is 0.0832 e. The highest BCUT2D eigenvalue weighted by Crippen LogP contribution is 2.24. The first-order valence-electron chi connectivity index (χ1n) is 5.05. The van der Waals surface area contributed by atoms with Crippen LogP contribution in [0.15, 0.2) is 36.5 Å². The molecule has 80 valence electrons. The van der Waals surface area contributed by atoms with Crippen molar-refractivity contribution in [3.63, 3.8) is 0 Å². The molecule has 0 fully saturated rings. The predicted molar refractivity (Wildman–Crippen MR) is 63.2 cm³/mol. The van der Waals surface area contributed by atoms with E-state index in [1.165, 1.54) is 5.57 Å². The Morgan fingerprint density at radius 1 is 1.43 bits per heavy atom. The summed E-state index contributed by atoms with van der Waals surface area (Å²) < 4.78 is 0. The van der Waals surface area contributed by atoms with Crippen molar-refractivity contribution in [1.82, 2.24) is 0 Å². The molecule has 0 aromatic rings. The highest BCUT2D eigenvalue weighted by Gasteiger charge is 2.21. The number of hydrogen-bond acceptors (Lipinski definition) is 1. The molecule has 0 bridgehead atoms. The van der Waals surface area contributed by atoms with Gasteiger partial charge in [0.2, 0.25) is 0 Å². The average molecular weight is 194 g/mol. The van der Waals surface area contributed by atoms with Crippen LogP contribution in [0.2, 0.25) is 0 Å². The molecule has 0 aromatic heterocycles. The first-order chi connectivity index (χ1) is 6.40. The van der Waals surface area contributed by atoms with Crippen molar-refractivity contribution in [2.75, 3.05) is 0 Å². The Balaban J connectivity index is 4.12. The fraction of sp³-hybridized carbons (Fsp3) is 0.538. The molecule has 0 radical (unpaired) electrons. The molecule has 0 saturated heterocycles. The fourth-order valence-electron chi connectivity index (χ4n) is 1.21. The third-order valence-electron chi connectivity index (χ3n) is 2.34. The van der Waals surface area contributed by atoms with E-state index in [0.717, 1.165) is 18.4 Å². The second-order valence-corrected chi connectivity index (χ2v) is 4.19. The van der Waals surface area contributed by atoms with Gasteiger partial charge in [0.25, 0.3) is 0 Å². The standard InChI is InChI=1S/C13H22O/c1-6-8-12(4)13(5,14)10-7-9-11(2)3/h6,9,14H,1,4,7-8,10H2,2-3,5H3. The molecule has 0 amide bonds.